The number of aryl methyl sites for hydroxylation is 1. The van der Waals surface area contributed by atoms with Crippen LogP contribution in [0.3, 0.4) is 0 Å². The van der Waals surface area contributed by atoms with E-state index in [1.54, 1.807) is 23.5 Å². The molecule has 3 rings (SSSR count). The highest BCUT2D eigenvalue weighted by Crippen LogP contribution is 2.22. The van der Waals surface area contributed by atoms with E-state index < -0.39 is 0 Å². The molecule has 0 aliphatic carbocycles. The van der Waals surface area contributed by atoms with Crippen molar-refractivity contribution in [1.82, 2.24) is 9.88 Å². The largest absolute Gasteiger partial charge is 0.399 e. The lowest BCUT2D eigenvalue weighted by molar-refractivity contribution is 0.0747. The van der Waals surface area contributed by atoms with Gasteiger partial charge in [-0.3, -0.25) is 4.79 Å². The molecule has 126 valence electrons. The second-order valence-corrected chi connectivity index (χ2v) is 6.01. The lowest BCUT2D eigenvalue weighted by Crippen LogP contribution is -2.48. The van der Waals surface area contributed by atoms with Crippen LogP contribution < -0.4 is 10.6 Å². The van der Waals surface area contributed by atoms with Gasteiger partial charge in [-0.25, -0.2) is 4.98 Å². The molecule has 2 aromatic rings. The van der Waals surface area contributed by atoms with Crippen LogP contribution in [0.4, 0.5) is 10.8 Å². The maximum Gasteiger partial charge on any atom is 0.254 e. The minimum atomic E-state index is 0. The third-order valence-electron chi connectivity index (χ3n) is 3.58. The van der Waals surface area contributed by atoms with Crippen LogP contribution in [0, 0.1) is 6.92 Å². The van der Waals surface area contributed by atoms with Crippen molar-refractivity contribution in [3.8, 4) is 0 Å². The van der Waals surface area contributed by atoms with Gasteiger partial charge in [0, 0.05) is 42.8 Å². The van der Waals surface area contributed by atoms with Gasteiger partial charge in [-0.05, 0) is 25.1 Å². The molecule has 1 amide bonds. The number of hydrogen-bond donors (Lipinski definition) is 1. The van der Waals surface area contributed by atoms with Crippen LogP contribution >= 0.6 is 36.2 Å². The Balaban J connectivity index is 0.00000132. The summed E-state index contributed by atoms with van der Waals surface area (Å²) < 4.78 is 0. The maximum absolute atomic E-state index is 12.4. The molecule has 2 N–H and O–H groups in total. The van der Waals surface area contributed by atoms with E-state index in [2.05, 4.69) is 15.3 Å². The number of nitrogens with two attached hydrogens (primary N) is 1. The fraction of sp³-hybridized carbons (Fsp3) is 0.333. The normalized spacial score (nSPS) is 14.0. The summed E-state index contributed by atoms with van der Waals surface area (Å²) in [5.41, 5.74) is 8.07. The molecule has 1 aliphatic heterocycles. The third kappa shape index (κ3) is 4.50. The van der Waals surface area contributed by atoms with Crippen LogP contribution in [-0.2, 0) is 0 Å². The van der Waals surface area contributed by atoms with Crippen LogP contribution in [0.1, 0.15) is 16.1 Å². The number of rotatable bonds is 2. The molecule has 1 fully saturated rings. The number of halogens is 2. The first-order chi connectivity index (χ1) is 10.1. The number of carbonyl (C=O) groups is 1. The lowest BCUT2D eigenvalue weighted by Gasteiger charge is -2.34. The van der Waals surface area contributed by atoms with Crippen molar-refractivity contribution in [3.63, 3.8) is 0 Å². The molecular formula is C15H20Cl2N4OS. The number of amides is 1. The standard InChI is InChI=1S/C15H18N4OS.2ClH/c1-11-10-21-15(17-11)19-7-5-18(6-8-19)14(20)12-3-2-4-13(16)9-12;;/h2-4,9-10H,5-8,16H2,1H3;2*1H. The van der Waals surface area contributed by atoms with E-state index in [-0.39, 0.29) is 30.7 Å². The molecule has 5 nitrogen and oxygen atoms in total. The zero-order chi connectivity index (χ0) is 14.8. The van der Waals surface area contributed by atoms with E-state index in [4.69, 9.17) is 5.73 Å². The number of hydrogen-bond acceptors (Lipinski definition) is 5. The van der Waals surface area contributed by atoms with Gasteiger partial charge in [-0.2, -0.15) is 0 Å². The number of nitrogen functional groups attached to an aromatic ring is 1. The van der Waals surface area contributed by atoms with Gasteiger partial charge in [0.25, 0.3) is 5.91 Å². The summed E-state index contributed by atoms with van der Waals surface area (Å²) in [5, 5.41) is 3.10. The van der Waals surface area contributed by atoms with E-state index in [1.807, 2.05) is 24.0 Å². The molecule has 1 aromatic heterocycles. The van der Waals surface area contributed by atoms with Crippen molar-refractivity contribution in [1.29, 1.82) is 0 Å². The Hall–Kier alpha value is -1.50. The molecule has 0 bridgehead atoms. The number of thiazole rings is 1. The molecule has 0 atom stereocenters. The first-order valence-electron chi connectivity index (χ1n) is 6.95. The Morgan fingerprint density at radius 1 is 1.22 bits per heavy atom. The van der Waals surface area contributed by atoms with Gasteiger partial charge in [-0.15, -0.1) is 36.2 Å². The highest BCUT2D eigenvalue weighted by molar-refractivity contribution is 7.13. The van der Waals surface area contributed by atoms with Gasteiger partial charge in [-0.1, -0.05) is 6.07 Å². The molecule has 23 heavy (non-hydrogen) atoms. The second-order valence-electron chi connectivity index (χ2n) is 5.18. The first kappa shape index (κ1) is 19.5. The predicted molar refractivity (Wildman–Crippen MR) is 100 cm³/mol. The highest BCUT2D eigenvalue weighted by Gasteiger charge is 2.23. The van der Waals surface area contributed by atoms with Crippen LogP contribution in [0.5, 0.6) is 0 Å². The predicted octanol–water partition coefficient (Wildman–Crippen LogP) is 2.84. The van der Waals surface area contributed by atoms with Gasteiger partial charge in [0.1, 0.15) is 0 Å². The van der Waals surface area contributed by atoms with Crippen LogP contribution in [0.15, 0.2) is 29.6 Å². The number of piperazine rings is 1. The first-order valence-corrected chi connectivity index (χ1v) is 7.83. The molecule has 1 aromatic carbocycles. The smallest absolute Gasteiger partial charge is 0.254 e. The summed E-state index contributed by atoms with van der Waals surface area (Å²) in [5.74, 6) is 0.0530. The molecular weight excluding hydrogens is 355 g/mol. The van der Waals surface area contributed by atoms with E-state index in [9.17, 15) is 4.79 Å². The molecule has 0 unspecified atom stereocenters. The quantitative estimate of drug-likeness (QED) is 0.820. The summed E-state index contributed by atoms with van der Waals surface area (Å²) in [6.45, 7) is 5.07. The molecule has 0 radical (unpaired) electrons. The Morgan fingerprint density at radius 2 is 1.91 bits per heavy atom. The summed E-state index contributed by atoms with van der Waals surface area (Å²) in [6, 6.07) is 7.16. The van der Waals surface area contributed by atoms with Gasteiger partial charge in [0.15, 0.2) is 5.13 Å². The van der Waals surface area contributed by atoms with E-state index >= 15 is 0 Å². The average molecular weight is 375 g/mol. The van der Waals surface area contributed by atoms with Crippen molar-refractivity contribution in [2.45, 2.75) is 6.92 Å². The molecule has 0 spiro atoms. The van der Waals surface area contributed by atoms with Crippen LogP contribution in [0.25, 0.3) is 0 Å². The zero-order valence-electron chi connectivity index (χ0n) is 12.8. The Morgan fingerprint density at radius 3 is 2.48 bits per heavy atom. The summed E-state index contributed by atoms with van der Waals surface area (Å²) >= 11 is 1.66. The van der Waals surface area contributed by atoms with Crippen molar-refractivity contribution >= 4 is 52.9 Å². The van der Waals surface area contributed by atoms with Gasteiger partial charge >= 0.3 is 0 Å². The monoisotopic (exact) mass is 374 g/mol. The second kappa shape index (κ2) is 8.38. The number of benzene rings is 1. The van der Waals surface area contributed by atoms with E-state index in [1.165, 1.54) is 0 Å². The Labute approximate surface area is 152 Å². The third-order valence-corrected chi connectivity index (χ3v) is 4.60. The van der Waals surface area contributed by atoms with Gasteiger partial charge in [0.2, 0.25) is 0 Å². The average Bonchev–Trinajstić information content (AvgIpc) is 2.93. The number of carbonyl (C=O) groups excluding carboxylic acids is 1. The Bertz CT molecular complexity index is 656. The summed E-state index contributed by atoms with van der Waals surface area (Å²) in [6.07, 6.45) is 0. The van der Waals surface area contributed by atoms with Crippen molar-refractivity contribution < 1.29 is 4.79 Å². The molecule has 2 heterocycles. The number of nitrogens with zero attached hydrogens (tertiary/aromatic N) is 3. The van der Waals surface area contributed by atoms with Gasteiger partial charge in [0.05, 0.1) is 5.69 Å². The zero-order valence-corrected chi connectivity index (χ0v) is 15.2. The topological polar surface area (TPSA) is 62.5 Å². The van der Waals surface area contributed by atoms with Crippen molar-refractivity contribution in [2.75, 3.05) is 36.8 Å². The number of aromatic nitrogens is 1. The highest BCUT2D eigenvalue weighted by atomic mass is 35.5. The SMILES string of the molecule is Cc1csc(N2CCN(C(=O)c3cccc(N)c3)CC2)n1.Cl.Cl. The van der Waals surface area contributed by atoms with Gasteiger partial charge < -0.3 is 15.5 Å². The van der Waals surface area contributed by atoms with Crippen LogP contribution in [0.2, 0.25) is 0 Å². The van der Waals surface area contributed by atoms with Crippen molar-refractivity contribution in [2.24, 2.45) is 0 Å². The fourth-order valence-corrected chi connectivity index (χ4v) is 3.30. The summed E-state index contributed by atoms with van der Waals surface area (Å²) in [7, 11) is 0. The Kier molecular flexibility index (Phi) is 7.12. The maximum atomic E-state index is 12.4. The molecule has 1 saturated heterocycles. The van der Waals surface area contributed by atoms with Crippen LogP contribution in [-0.4, -0.2) is 42.0 Å². The lowest BCUT2D eigenvalue weighted by atomic mass is 10.1. The molecule has 0 saturated carbocycles. The summed E-state index contributed by atoms with van der Waals surface area (Å²) in [4.78, 5) is 21.1. The van der Waals surface area contributed by atoms with E-state index in [0.29, 0.717) is 24.3 Å². The van der Waals surface area contributed by atoms with E-state index in [0.717, 1.165) is 23.9 Å². The molecule has 8 heteroatoms. The van der Waals surface area contributed by atoms with Crippen molar-refractivity contribution in [3.05, 3.63) is 40.9 Å². The fourth-order valence-electron chi connectivity index (χ4n) is 2.44. The minimum Gasteiger partial charge on any atom is -0.399 e. The molecule has 1 aliphatic rings. The minimum absolute atomic E-state index is 0. The number of anilines is 2.